The number of aliphatic imine (C=N–C) groups is 1. The van der Waals surface area contributed by atoms with E-state index in [1.165, 1.54) is 6.20 Å². The summed E-state index contributed by atoms with van der Waals surface area (Å²) in [4.78, 5) is 20.7. The van der Waals surface area contributed by atoms with Crippen molar-refractivity contribution < 1.29 is 9.53 Å². The van der Waals surface area contributed by atoms with Crippen molar-refractivity contribution >= 4 is 18.7 Å². The molecule has 0 radical (unpaired) electrons. The molecule has 2 aromatic carbocycles. The van der Waals surface area contributed by atoms with Gasteiger partial charge in [-0.1, -0.05) is 36.4 Å². The second kappa shape index (κ2) is 11.0. The highest BCUT2D eigenvalue weighted by atomic mass is 16.5. The van der Waals surface area contributed by atoms with Gasteiger partial charge in [-0.25, -0.2) is 10.8 Å². The van der Waals surface area contributed by atoms with Crippen LogP contribution in [-0.2, 0) is 0 Å². The first kappa shape index (κ1) is 22.9. The molecule has 164 valence electrons. The van der Waals surface area contributed by atoms with Crippen LogP contribution in [0.2, 0.25) is 0 Å². The number of pyridine rings is 1. The van der Waals surface area contributed by atoms with Crippen LogP contribution in [0.4, 0.5) is 0 Å². The number of carbonyl (C=O) groups excluding carboxylic acids is 1. The van der Waals surface area contributed by atoms with Crippen LogP contribution in [-0.4, -0.2) is 30.8 Å². The van der Waals surface area contributed by atoms with Gasteiger partial charge in [0.15, 0.2) is 0 Å². The second-order valence-electron chi connectivity index (χ2n) is 7.13. The Morgan fingerprint density at radius 1 is 1.12 bits per heavy atom. The number of nitrogens with one attached hydrogen (secondary N) is 1. The smallest absolute Gasteiger partial charge is 0.265 e. The van der Waals surface area contributed by atoms with Crippen molar-refractivity contribution in [3.05, 3.63) is 77.6 Å². The molecular weight excluding hydrogens is 402 g/mol. The number of nitrogens with two attached hydrogens (primary N) is 2. The predicted octanol–water partition coefficient (Wildman–Crippen LogP) is 3.73. The van der Waals surface area contributed by atoms with E-state index in [2.05, 4.69) is 22.1 Å². The Hall–Kier alpha value is -3.81. The summed E-state index contributed by atoms with van der Waals surface area (Å²) >= 11 is 0. The molecule has 0 aliphatic carbocycles. The maximum atomic E-state index is 12.3. The SMILES string of the molecule is C=N/C=C\c1nc(-c2ccc(-c3ccc(OCCCN)cc3)cc2)cc(C(=O)NN)c1C. The predicted molar refractivity (Wildman–Crippen MR) is 129 cm³/mol. The summed E-state index contributed by atoms with van der Waals surface area (Å²) in [7, 11) is 0. The first-order valence-corrected chi connectivity index (χ1v) is 10.3. The zero-order valence-corrected chi connectivity index (χ0v) is 18.0. The first-order chi connectivity index (χ1) is 15.6. The molecule has 3 rings (SSSR count). The lowest BCUT2D eigenvalue weighted by Gasteiger charge is -2.11. The Bertz CT molecular complexity index is 1110. The van der Waals surface area contributed by atoms with E-state index in [0.29, 0.717) is 35.7 Å². The largest absolute Gasteiger partial charge is 0.494 e. The second-order valence-corrected chi connectivity index (χ2v) is 7.13. The normalized spacial score (nSPS) is 10.8. The minimum Gasteiger partial charge on any atom is -0.494 e. The van der Waals surface area contributed by atoms with Gasteiger partial charge in [0.25, 0.3) is 5.91 Å². The summed E-state index contributed by atoms with van der Waals surface area (Å²) in [6.45, 7) is 6.48. The Kier molecular flexibility index (Phi) is 7.85. The van der Waals surface area contributed by atoms with Crippen molar-refractivity contribution in [1.29, 1.82) is 0 Å². The number of hydrogen-bond acceptors (Lipinski definition) is 6. The zero-order chi connectivity index (χ0) is 22.9. The highest BCUT2D eigenvalue weighted by Crippen LogP contribution is 2.27. The number of hydrazine groups is 1. The molecule has 5 N–H and O–H groups in total. The standard InChI is InChI=1S/C25H27N5O2/c1-17-22(25(31)30-27)16-24(29-23(17)12-14-28-2)20-6-4-18(5-7-20)19-8-10-21(11-9-19)32-15-3-13-26/h4-12,14,16H,2-3,13,15,26-27H2,1H3,(H,30,31)/b14-12-. The van der Waals surface area contributed by atoms with E-state index in [0.717, 1.165) is 28.9 Å². The monoisotopic (exact) mass is 429 g/mol. The maximum absolute atomic E-state index is 12.3. The molecule has 7 nitrogen and oxygen atoms in total. The van der Waals surface area contributed by atoms with Gasteiger partial charge < -0.3 is 10.5 Å². The van der Waals surface area contributed by atoms with Crippen LogP contribution in [0.5, 0.6) is 5.75 Å². The van der Waals surface area contributed by atoms with E-state index in [1.807, 2.05) is 55.5 Å². The van der Waals surface area contributed by atoms with Crippen LogP contribution in [0.25, 0.3) is 28.5 Å². The molecule has 0 fully saturated rings. The maximum Gasteiger partial charge on any atom is 0.265 e. The van der Waals surface area contributed by atoms with Crippen molar-refractivity contribution in [3.8, 4) is 28.1 Å². The number of nitrogens with zero attached hydrogens (tertiary/aromatic N) is 2. The third kappa shape index (κ3) is 5.46. The van der Waals surface area contributed by atoms with E-state index in [9.17, 15) is 4.79 Å². The van der Waals surface area contributed by atoms with Gasteiger partial charge in [0.1, 0.15) is 5.75 Å². The summed E-state index contributed by atoms with van der Waals surface area (Å²) in [5.41, 5.74) is 13.1. The lowest BCUT2D eigenvalue weighted by atomic mass is 9.99. The number of amides is 1. The minimum atomic E-state index is -0.377. The third-order valence-corrected chi connectivity index (χ3v) is 5.01. The Morgan fingerprint density at radius 2 is 1.75 bits per heavy atom. The van der Waals surface area contributed by atoms with Crippen molar-refractivity contribution in [1.82, 2.24) is 10.4 Å². The van der Waals surface area contributed by atoms with Crippen LogP contribution in [0, 0.1) is 6.92 Å². The molecule has 7 heteroatoms. The van der Waals surface area contributed by atoms with Gasteiger partial charge in [0, 0.05) is 17.3 Å². The number of hydrogen-bond donors (Lipinski definition) is 3. The van der Waals surface area contributed by atoms with E-state index < -0.39 is 0 Å². The fourth-order valence-corrected chi connectivity index (χ4v) is 3.23. The number of rotatable bonds is 9. The van der Waals surface area contributed by atoms with E-state index in [4.69, 9.17) is 16.3 Å². The Balaban J connectivity index is 1.89. The van der Waals surface area contributed by atoms with Crippen LogP contribution in [0.1, 0.15) is 28.0 Å². The molecule has 0 atom stereocenters. The lowest BCUT2D eigenvalue weighted by Crippen LogP contribution is -2.30. The number of ether oxygens (including phenoxy) is 1. The quantitative estimate of drug-likeness (QED) is 0.158. The molecule has 32 heavy (non-hydrogen) atoms. The Morgan fingerprint density at radius 3 is 2.34 bits per heavy atom. The van der Waals surface area contributed by atoms with Crippen molar-refractivity contribution in [2.75, 3.05) is 13.2 Å². The molecule has 1 amide bonds. The summed E-state index contributed by atoms with van der Waals surface area (Å²) < 4.78 is 5.66. The Labute approximate surface area is 187 Å². The molecule has 0 saturated carbocycles. The van der Waals surface area contributed by atoms with E-state index in [1.54, 1.807) is 12.1 Å². The van der Waals surface area contributed by atoms with Crippen molar-refractivity contribution in [2.45, 2.75) is 13.3 Å². The number of carbonyl (C=O) groups is 1. The molecule has 0 unspecified atom stereocenters. The fourth-order valence-electron chi connectivity index (χ4n) is 3.23. The van der Waals surface area contributed by atoms with Gasteiger partial charge in [-0.3, -0.25) is 15.2 Å². The highest BCUT2D eigenvalue weighted by molar-refractivity contribution is 5.97. The molecule has 3 aromatic rings. The molecule has 0 aliphatic heterocycles. The zero-order valence-electron chi connectivity index (χ0n) is 18.0. The molecular formula is C25H27N5O2. The van der Waals surface area contributed by atoms with Gasteiger partial charge in [-0.05, 0) is 67.6 Å². The number of aromatic nitrogens is 1. The first-order valence-electron chi connectivity index (χ1n) is 10.3. The number of nitrogen functional groups attached to an aromatic ring is 1. The average Bonchev–Trinajstić information content (AvgIpc) is 2.83. The minimum absolute atomic E-state index is 0.377. The molecule has 1 aromatic heterocycles. The molecule has 0 spiro atoms. The van der Waals surface area contributed by atoms with E-state index >= 15 is 0 Å². The van der Waals surface area contributed by atoms with Gasteiger partial charge in [0.05, 0.1) is 18.0 Å². The van der Waals surface area contributed by atoms with E-state index in [-0.39, 0.29) is 5.91 Å². The third-order valence-electron chi connectivity index (χ3n) is 5.01. The molecule has 0 aliphatic rings. The lowest BCUT2D eigenvalue weighted by molar-refractivity contribution is 0.0953. The van der Waals surface area contributed by atoms with Gasteiger partial charge in [-0.2, -0.15) is 0 Å². The summed E-state index contributed by atoms with van der Waals surface area (Å²) in [6, 6.07) is 17.7. The summed E-state index contributed by atoms with van der Waals surface area (Å²) in [5, 5.41) is 0. The average molecular weight is 430 g/mol. The van der Waals surface area contributed by atoms with Gasteiger partial charge in [0.2, 0.25) is 0 Å². The highest BCUT2D eigenvalue weighted by Gasteiger charge is 2.14. The van der Waals surface area contributed by atoms with Crippen LogP contribution in [0.3, 0.4) is 0 Å². The van der Waals surface area contributed by atoms with Crippen LogP contribution >= 0.6 is 0 Å². The molecule has 0 bridgehead atoms. The molecule has 1 heterocycles. The van der Waals surface area contributed by atoms with Crippen LogP contribution in [0.15, 0.2) is 65.8 Å². The van der Waals surface area contributed by atoms with Crippen molar-refractivity contribution in [2.24, 2.45) is 16.6 Å². The topological polar surface area (TPSA) is 116 Å². The van der Waals surface area contributed by atoms with Gasteiger partial charge in [-0.15, -0.1) is 0 Å². The van der Waals surface area contributed by atoms with Crippen LogP contribution < -0.4 is 21.7 Å². The number of benzene rings is 2. The molecule has 0 saturated heterocycles. The van der Waals surface area contributed by atoms with Crippen molar-refractivity contribution in [3.63, 3.8) is 0 Å². The summed E-state index contributed by atoms with van der Waals surface area (Å²) in [6.07, 6.45) is 4.08. The van der Waals surface area contributed by atoms with Gasteiger partial charge >= 0.3 is 0 Å². The fraction of sp³-hybridized carbons (Fsp3) is 0.160. The summed E-state index contributed by atoms with van der Waals surface area (Å²) in [5.74, 6) is 5.80.